The topological polar surface area (TPSA) is 109 Å². The van der Waals surface area contributed by atoms with Gasteiger partial charge in [0.25, 0.3) is 0 Å². The van der Waals surface area contributed by atoms with Crippen LogP contribution in [0.5, 0.6) is 0 Å². The summed E-state index contributed by atoms with van der Waals surface area (Å²) in [5.41, 5.74) is 0.821. The molecular weight excluding hydrogens is 290 g/mol. The molecule has 0 aromatic carbocycles. The number of anilines is 1. The molecule has 1 amide bonds. The van der Waals surface area contributed by atoms with Crippen molar-refractivity contribution in [3.8, 4) is 0 Å². The molecule has 2 rings (SSSR count). The number of carbonyl (C=O) groups is 1. The van der Waals surface area contributed by atoms with Crippen LogP contribution in [-0.4, -0.2) is 41.7 Å². The number of hydrogen-bond donors (Lipinski definition) is 2. The van der Waals surface area contributed by atoms with E-state index in [1.54, 1.807) is 12.3 Å². The first-order valence-corrected chi connectivity index (χ1v) is 8.27. The van der Waals surface area contributed by atoms with Crippen LogP contribution in [0.15, 0.2) is 10.5 Å². The number of amides is 1. The summed E-state index contributed by atoms with van der Waals surface area (Å²) in [5, 5.41) is 16.2. The van der Waals surface area contributed by atoms with E-state index in [1.165, 1.54) is 11.3 Å². The number of thiazole rings is 1. The van der Waals surface area contributed by atoms with Gasteiger partial charge in [-0.3, -0.25) is 4.79 Å². The van der Waals surface area contributed by atoms with Gasteiger partial charge >= 0.3 is 0 Å². The van der Waals surface area contributed by atoms with E-state index in [9.17, 15) is 13.2 Å². The Balaban J connectivity index is 2.02. The second-order valence-corrected chi connectivity index (χ2v) is 7.40. The first kappa shape index (κ1) is 13.9. The highest BCUT2D eigenvalue weighted by Crippen LogP contribution is 2.22. The lowest BCUT2D eigenvalue weighted by Gasteiger charge is -2.06. The molecule has 9 heteroatoms. The maximum absolute atomic E-state index is 11.9. The van der Waals surface area contributed by atoms with Crippen molar-refractivity contribution in [1.82, 2.24) is 4.98 Å². The predicted octanol–water partition coefficient (Wildman–Crippen LogP) is 0.715. The average molecular weight is 303 g/mol. The van der Waals surface area contributed by atoms with Crippen molar-refractivity contribution in [1.29, 1.82) is 0 Å². The molecule has 0 spiro atoms. The van der Waals surface area contributed by atoms with Crippen LogP contribution in [0.4, 0.5) is 5.13 Å². The minimum absolute atomic E-state index is 0.0600. The third-order valence-electron chi connectivity index (χ3n) is 2.86. The van der Waals surface area contributed by atoms with Crippen LogP contribution in [0, 0.1) is 5.92 Å². The molecule has 1 aliphatic rings. The number of sulfone groups is 1. The number of aromatic nitrogens is 1. The average Bonchev–Trinajstić information content (AvgIpc) is 2.94. The Morgan fingerprint density at radius 2 is 2.37 bits per heavy atom. The Labute approximate surface area is 114 Å². The molecule has 1 aromatic heterocycles. The molecule has 0 radical (unpaired) electrons. The molecule has 19 heavy (non-hydrogen) atoms. The van der Waals surface area contributed by atoms with Crippen molar-refractivity contribution in [2.24, 2.45) is 11.1 Å². The molecule has 0 bridgehead atoms. The molecule has 0 saturated carbocycles. The molecule has 104 valence electrons. The molecule has 1 atom stereocenters. The maximum atomic E-state index is 11.9. The van der Waals surface area contributed by atoms with E-state index in [4.69, 9.17) is 5.21 Å². The zero-order valence-electron chi connectivity index (χ0n) is 10.2. The van der Waals surface area contributed by atoms with Crippen molar-refractivity contribution in [2.45, 2.75) is 13.3 Å². The quantitative estimate of drug-likeness (QED) is 0.486. The van der Waals surface area contributed by atoms with Gasteiger partial charge in [-0.25, -0.2) is 13.4 Å². The van der Waals surface area contributed by atoms with Gasteiger partial charge in [-0.2, -0.15) is 0 Å². The molecule has 0 aliphatic carbocycles. The van der Waals surface area contributed by atoms with Crippen molar-refractivity contribution < 1.29 is 18.4 Å². The van der Waals surface area contributed by atoms with Crippen LogP contribution < -0.4 is 5.32 Å². The monoisotopic (exact) mass is 303 g/mol. The third-order valence-corrected chi connectivity index (χ3v) is 5.38. The molecular formula is C10H13N3O4S2. The van der Waals surface area contributed by atoms with E-state index in [2.05, 4.69) is 15.5 Å². The van der Waals surface area contributed by atoms with Gasteiger partial charge in [0, 0.05) is 5.38 Å². The van der Waals surface area contributed by atoms with Gasteiger partial charge in [-0.1, -0.05) is 5.16 Å². The number of hydrogen-bond acceptors (Lipinski definition) is 7. The van der Waals surface area contributed by atoms with Crippen LogP contribution >= 0.6 is 11.3 Å². The highest BCUT2D eigenvalue weighted by molar-refractivity contribution is 7.91. The molecule has 1 fully saturated rings. The number of rotatable bonds is 3. The second kappa shape index (κ2) is 5.25. The van der Waals surface area contributed by atoms with E-state index in [-0.39, 0.29) is 17.4 Å². The van der Waals surface area contributed by atoms with Gasteiger partial charge in [-0.15, -0.1) is 11.3 Å². The first-order chi connectivity index (χ1) is 8.91. The fraction of sp³-hybridized carbons (Fsp3) is 0.500. The summed E-state index contributed by atoms with van der Waals surface area (Å²) in [6.45, 7) is 1.59. The molecule has 7 nitrogen and oxygen atoms in total. The van der Waals surface area contributed by atoms with Crippen LogP contribution in [0.25, 0.3) is 0 Å². The Morgan fingerprint density at radius 3 is 2.95 bits per heavy atom. The lowest BCUT2D eigenvalue weighted by Crippen LogP contribution is -2.23. The normalized spacial score (nSPS) is 22.4. The Morgan fingerprint density at radius 1 is 1.63 bits per heavy atom. The summed E-state index contributed by atoms with van der Waals surface area (Å²) in [6, 6.07) is 0. The van der Waals surface area contributed by atoms with Gasteiger partial charge in [-0.05, 0) is 13.3 Å². The van der Waals surface area contributed by atoms with Gasteiger partial charge in [0.15, 0.2) is 15.0 Å². The second-order valence-electron chi connectivity index (χ2n) is 4.31. The predicted molar refractivity (Wildman–Crippen MR) is 71.5 cm³/mol. The third kappa shape index (κ3) is 3.29. The summed E-state index contributed by atoms with van der Waals surface area (Å²) in [5.74, 6) is -0.885. The number of carbonyl (C=O) groups excluding carboxylic acids is 1. The maximum Gasteiger partial charge on any atom is 0.230 e. The largest absolute Gasteiger partial charge is 0.411 e. The van der Waals surface area contributed by atoms with E-state index in [1.807, 2.05) is 0 Å². The minimum Gasteiger partial charge on any atom is -0.411 e. The Bertz CT molecular complexity index is 620. The zero-order valence-corrected chi connectivity index (χ0v) is 11.8. The fourth-order valence-electron chi connectivity index (χ4n) is 1.76. The van der Waals surface area contributed by atoms with Gasteiger partial charge in [0.2, 0.25) is 5.91 Å². The van der Waals surface area contributed by atoms with Crippen molar-refractivity contribution in [2.75, 3.05) is 16.8 Å². The summed E-state index contributed by atoms with van der Waals surface area (Å²) < 4.78 is 22.6. The van der Waals surface area contributed by atoms with Crippen LogP contribution in [0.2, 0.25) is 0 Å². The fourth-order valence-corrected chi connectivity index (χ4v) is 4.26. The van der Waals surface area contributed by atoms with E-state index < -0.39 is 15.8 Å². The summed E-state index contributed by atoms with van der Waals surface area (Å²) in [4.78, 5) is 15.9. The lowest BCUT2D eigenvalue weighted by molar-refractivity contribution is -0.119. The van der Waals surface area contributed by atoms with Crippen molar-refractivity contribution in [3.63, 3.8) is 0 Å². The van der Waals surface area contributed by atoms with Gasteiger partial charge in [0.05, 0.1) is 17.4 Å². The molecule has 1 aromatic rings. The lowest BCUT2D eigenvalue weighted by atomic mass is 10.1. The van der Waals surface area contributed by atoms with Gasteiger partial charge in [0.1, 0.15) is 11.4 Å². The Hall–Kier alpha value is -1.48. The van der Waals surface area contributed by atoms with Crippen LogP contribution in [0.1, 0.15) is 19.0 Å². The van der Waals surface area contributed by atoms with Crippen LogP contribution in [-0.2, 0) is 14.6 Å². The number of nitrogens with one attached hydrogen (secondary N) is 1. The van der Waals surface area contributed by atoms with E-state index in [0.29, 0.717) is 23.0 Å². The summed E-state index contributed by atoms with van der Waals surface area (Å²) >= 11 is 1.20. The molecule has 1 aliphatic heterocycles. The molecule has 1 unspecified atom stereocenters. The summed E-state index contributed by atoms with van der Waals surface area (Å²) in [7, 11) is -3.07. The van der Waals surface area contributed by atoms with Gasteiger partial charge < -0.3 is 10.5 Å². The highest BCUT2D eigenvalue weighted by atomic mass is 32.2. The minimum atomic E-state index is -3.07. The smallest absolute Gasteiger partial charge is 0.230 e. The van der Waals surface area contributed by atoms with Crippen molar-refractivity contribution in [3.05, 3.63) is 11.1 Å². The SMILES string of the molecule is CC(=NO)c1csc(NC(=O)C2CCS(=O)(=O)C2)n1. The van der Waals surface area contributed by atoms with E-state index in [0.717, 1.165) is 0 Å². The molecule has 2 N–H and O–H groups in total. The standard InChI is InChI=1S/C10H13N3O4S2/c1-6(13-15)8-4-18-10(11-8)12-9(14)7-2-3-19(16,17)5-7/h4,7,15H,2-3,5H2,1H3,(H,11,12,14). The van der Waals surface area contributed by atoms with E-state index >= 15 is 0 Å². The van der Waals surface area contributed by atoms with Crippen LogP contribution in [0.3, 0.4) is 0 Å². The summed E-state index contributed by atoms with van der Waals surface area (Å²) in [6.07, 6.45) is 0.351. The molecule has 1 saturated heterocycles. The number of oxime groups is 1. The molecule has 2 heterocycles. The first-order valence-electron chi connectivity index (χ1n) is 5.57. The number of nitrogens with zero attached hydrogens (tertiary/aromatic N) is 2. The Kier molecular flexibility index (Phi) is 3.85. The van der Waals surface area contributed by atoms with Crippen molar-refractivity contribution >= 4 is 37.9 Å². The zero-order chi connectivity index (χ0) is 14.0. The highest BCUT2D eigenvalue weighted by Gasteiger charge is 2.33.